The van der Waals surface area contributed by atoms with E-state index in [9.17, 15) is 4.79 Å². The Kier molecular flexibility index (Phi) is 5.14. The van der Waals surface area contributed by atoms with Crippen LogP contribution in [0.5, 0.6) is 5.75 Å². The van der Waals surface area contributed by atoms with Crippen molar-refractivity contribution in [3.05, 3.63) is 59.1 Å². The van der Waals surface area contributed by atoms with E-state index in [0.717, 1.165) is 0 Å². The summed E-state index contributed by atoms with van der Waals surface area (Å²) in [6, 6.07) is 14.0. The van der Waals surface area contributed by atoms with Gasteiger partial charge < -0.3 is 15.8 Å². The topological polar surface area (TPSA) is 64.3 Å². The zero-order valence-electron chi connectivity index (χ0n) is 11.0. The number of thiocarbonyl (C=S) groups is 1. The monoisotopic (exact) mass is 320 g/mol. The molecule has 0 aromatic heterocycles. The maximum absolute atomic E-state index is 11.9. The first-order valence-electron chi connectivity index (χ1n) is 6.13. The lowest BCUT2D eigenvalue weighted by Gasteiger charge is -2.10. The van der Waals surface area contributed by atoms with Crippen LogP contribution in [-0.4, -0.2) is 17.5 Å². The van der Waals surface area contributed by atoms with Gasteiger partial charge in [-0.15, -0.1) is 0 Å². The second kappa shape index (κ2) is 7.06. The second-order valence-electron chi connectivity index (χ2n) is 4.21. The number of rotatable bonds is 5. The van der Waals surface area contributed by atoms with E-state index in [1.807, 2.05) is 18.2 Å². The molecule has 0 radical (unpaired) electrons. The van der Waals surface area contributed by atoms with Gasteiger partial charge in [-0.05, 0) is 24.3 Å². The number of halogens is 1. The van der Waals surface area contributed by atoms with Gasteiger partial charge in [-0.1, -0.05) is 48.1 Å². The van der Waals surface area contributed by atoms with Gasteiger partial charge in [0.1, 0.15) is 10.7 Å². The molecular formula is C15H13ClN2O2S. The molecule has 0 heterocycles. The number of anilines is 1. The molecule has 0 aliphatic rings. The molecule has 21 heavy (non-hydrogen) atoms. The molecule has 0 spiro atoms. The number of nitrogens with two attached hydrogens (primary N) is 1. The quantitative estimate of drug-likeness (QED) is 0.831. The third kappa shape index (κ3) is 4.44. The van der Waals surface area contributed by atoms with Crippen molar-refractivity contribution in [3.63, 3.8) is 0 Å². The van der Waals surface area contributed by atoms with E-state index in [1.54, 1.807) is 30.3 Å². The van der Waals surface area contributed by atoms with Gasteiger partial charge in [0.2, 0.25) is 0 Å². The highest BCUT2D eigenvalue weighted by Crippen LogP contribution is 2.23. The summed E-state index contributed by atoms with van der Waals surface area (Å²) in [5, 5.41) is 3.07. The normalized spacial score (nSPS) is 9.95. The second-order valence-corrected chi connectivity index (χ2v) is 5.06. The lowest BCUT2D eigenvalue weighted by Crippen LogP contribution is -2.20. The predicted molar refractivity (Wildman–Crippen MR) is 87.9 cm³/mol. The average molecular weight is 321 g/mol. The fourth-order valence-corrected chi connectivity index (χ4v) is 1.92. The molecular weight excluding hydrogens is 308 g/mol. The Morgan fingerprint density at radius 2 is 1.95 bits per heavy atom. The Hall–Kier alpha value is -2.11. The first kappa shape index (κ1) is 15.3. The molecule has 6 heteroatoms. The van der Waals surface area contributed by atoms with Crippen LogP contribution in [0.25, 0.3) is 0 Å². The molecule has 0 saturated carbocycles. The zero-order valence-corrected chi connectivity index (χ0v) is 12.6. The molecule has 2 rings (SSSR count). The van der Waals surface area contributed by atoms with Crippen molar-refractivity contribution in [2.75, 3.05) is 11.9 Å². The van der Waals surface area contributed by atoms with Crippen LogP contribution in [0, 0.1) is 0 Å². The van der Waals surface area contributed by atoms with Crippen LogP contribution >= 0.6 is 23.8 Å². The van der Waals surface area contributed by atoms with E-state index in [1.165, 1.54) is 0 Å². The summed E-state index contributed by atoms with van der Waals surface area (Å²) >= 11 is 10.9. The largest absolute Gasteiger partial charge is 0.484 e. The summed E-state index contributed by atoms with van der Waals surface area (Å²) in [6.07, 6.45) is 0. The van der Waals surface area contributed by atoms with Gasteiger partial charge in [-0.2, -0.15) is 0 Å². The molecule has 108 valence electrons. The summed E-state index contributed by atoms with van der Waals surface area (Å²) in [6.45, 7) is -0.113. The van der Waals surface area contributed by atoms with Crippen LogP contribution in [-0.2, 0) is 4.79 Å². The van der Waals surface area contributed by atoms with Crippen molar-refractivity contribution < 1.29 is 9.53 Å². The Morgan fingerprint density at radius 1 is 1.24 bits per heavy atom. The number of hydrogen-bond donors (Lipinski definition) is 2. The molecule has 0 aliphatic heterocycles. The number of carbonyl (C=O) groups is 1. The fourth-order valence-electron chi connectivity index (χ4n) is 1.63. The summed E-state index contributed by atoms with van der Waals surface area (Å²) in [5.74, 6) is 0.302. The highest BCUT2D eigenvalue weighted by atomic mass is 35.5. The molecule has 0 unspecified atom stereocenters. The minimum atomic E-state index is -0.319. The Bertz CT molecular complexity index is 662. The van der Waals surface area contributed by atoms with Crippen LogP contribution in [0.1, 0.15) is 5.56 Å². The average Bonchev–Trinajstić information content (AvgIpc) is 2.48. The van der Waals surface area contributed by atoms with Gasteiger partial charge in [0.15, 0.2) is 6.61 Å². The van der Waals surface area contributed by atoms with Gasteiger partial charge in [-0.3, -0.25) is 4.79 Å². The summed E-state index contributed by atoms with van der Waals surface area (Å²) < 4.78 is 5.35. The van der Waals surface area contributed by atoms with Gasteiger partial charge in [0.25, 0.3) is 5.91 Å². The third-order valence-corrected chi connectivity index (χ3v) is 3.20. The van der Waals surface area contributed by atoms with Crippen LogP contribution in [0.2, 0.25) is 5.02 Å². The number of nitrogens with one attached hydrogen (secondary N) is 1. The molecule has 0 fully saturated rings. The number of ether oxygens (including phenoxy) is 1. The zero-order chi connectivity index (χ0) is 15.2. The first-order valence-corrected chi connectivity index (χ1v) is 6.92. The third-order valence-electron chi connectivity index (χ3n) is 2.64. The number of para-hydroxylation sites is 1. The number of carbonyl (C=O) groups excluding carboxylic acids is 1. The predicted octanol–water partition coefficient (Wildman–Crippen LogP) is 2.99. The fraction of sp³-hybridized carbons (Fsp3) is 0.0667. The van der Waals surface area contributed by atoms with E-state index in [4.69, 9.17) is 34.3 Å². The molecule has 1 amide bonds. The molecule has 4 nitrogen and oxygen atoms in total. The van der Waals surface area contributed by atoms with Crippen molar-refractivity contribution in [3.8, 4) is 5.75 Å². The molecule has 0 atom stereocenters. The van der Waals surface area contributed by atoms with E-state index < -0.39 is 0 Å². The molecule has 2 aromatic rings. The summed E-state index contributed by atoms with van der Waals surface area (Å²) in [7, 11) is 0. The molecule has 0 aliphatic carbocycles. The number of amides is 1. The van der Waals surface area contributed by atoms with Crippen LogP contribution in [0.15, 0.2) is 48.5 Å². The minimum absolute atomic E-state index is 0.113. The van der Waals surface area contributed by atoms with Crippen LogP contribution < -0.4 is 15.8 Å². The molecule has 3 N–H and O–H groups in total. The maximum atomic E-state index is 11.9. The lowest BCUT2D eigenvalue weighted by molar-refractivity contribution is -0.118. The van der Waals surface area contributed by atoms with Gasteiger partial charge >= 0.3 is 0 Å². The Balaban J connectivity index is 1.99. The number of benzene rings is 2. The van der Waals surface area contributed by atoms with Crippen LogP contribution in [0.3, 0.4) is 0 Å². The van der Waals surface area contributed by atoms with Gasteiger partial charge in [0, 0.05) is 5.56 Å². The van der Waals surface area contributed by atoms with E-state index >= 15 is 0 Å². The lowest BCUT2D eigenvalue weighted by atomic mass is 10.2. The Labute approximate surface area is 132 Å². The summed E-state index contributed by atoms with van der Waals surface area (Å²) in [5.41, 5.74) is 6.63. The van der Waals surface area contributed by atoms with E-state index in [-0.39, 0.29) is 17.5 Å². The van der Waals surface area contributed by atoms with Gasteiger partial charge in [0.05, 0.1) is 10.7 Å². The van der Waals surface area contributed by atoms with Crippen molar-refractivity contribution in [1.82, 2.24) is 0 Å². The van der Waals surface area contributed by atoms with Crippen molar-refractivity contribution in [1.29, 1.82) is 0 Å². The smallest absolute Gasteiger partial charge is 0.262 e. The van der Waals surface area contributed by atoms with Crippen LogP contribution in [0.4, 0.5) is 5.69 Å². The maximum Gasteiger partial charge on any atom is 0.262 e. The number of hydrogen-bond acceptors (Lipinski definition) is 3. The van der Waals surface area contributed by atoms with E-state index in [2.05, 4.69) is 5.32 Å². The molecule has 0 bridgehead atoms. The SMILES string of the molecule is NC(=S)c1ccc(Cl)c(NC(=O)COc2ccccc2)c1. The van der Waals surface area contributed by atoms with Crippen molar-refractivity contribution >= 4 is 40.4 Å². The van der Waals surface area contributed by atoms with Crippen molar-refractivity contribution in [2.24, 2.45) is 5.73 Å². The highest BCUT2D eigenvalue weighted by Gasteiger charge is 2.08. The minimum Gasteiger partial charge on any atom is -0.484 e. The highest BCUT2D eigenvalue weighted by molar-refractivity contribution is 7.80. The summed E-state index contributed by atoms with van der Waals surface area (Å²) in [4.78, 5) is 12.1. The first-order chi connectivity index (χ1) is 10.1. The van der Waals surface area contributed by atoms with Crippen molar-refractivity contribution in [2.45, 2.75) is 0 Å². The van der Waals surface area contributed by atoms with E-state index in [0.29, 0.717) is 22.0 Å². The standard InChI is InChI=1S/C15H13ClN2O2S/c16-12-7-6-10(15(17)21)8-13(12)18-14(19)9-20-11-4-2-1-3-5-11/h1-8H,9H2,(H2,17,21)(H,18,19). The Morgan fingerprint density at radius 3 is 2.62 bits per heavy atom. The van der Waals surface area contributed by atoms with Gasteiger partial charge in [-0.25, -0.2) is 0 Å². The molecule has 2 aromatic carbocycles. The molecule has 0 saturated heterocycles.